The van der Waals surface area contributed by atoms with Crippen molar-refractivity contribution in [2.75, 3.05) is 11.9 Å². The minimum absolute atomic E-state index is 0.0575. The van der Waals surface area contributed by atoms with Crippen molar-refractivity contribution in [3.05, 3.63) is 28.2 Å². The van der Waals surface area contributed by atoms with Gasteiger partial charge in [0.15, 0.2) is 0 Å². The van der Waals surface area contributed by atoms with E-state index in [1.807, 2.05) is 30.0 Å². The molecule has 2 rings (SSSR count). The van der Waals surface area contributed by atoms with Crippen LogP contribution >= 0.6 is 15.9 Å². The second-order valence-corrected chi connectivity index (χ2v) is 6.69. The standard InChI is InChI=1S/C17H23BrN2O2/c1-3-14-6-4-5-9-20(14)17(22)11-16(21)19-13-7-8-15(18)12(2)10-13/h7-8,10,14H,3-6,9,11H2,1-2H3,(H,19,21). The average Bonchev–Trinajstić information content (AvgIpc) is 2.50. The van der Waals surface area contributed by atoms with Crippen molar-refractivity contribution in [2.24, 2.45) is 0 Å². The van der Waals surface area contributed by atoms with E-state index in [0.29, 0.717) is 6.04 Å². The Morgan fingerprint density at radius 2 is 2.14 bits per heavy atom. The lowest BCUT2D eigenvalue weighted by molar-refractivity contribution is -0.137. The number of halogens is 1. The SMILES string of the molecule is CCC1CCCCN1C(=O)CC(=O)Nc1ccc(Br)c(C)c1. The lowest BCUT2D eigenvalue weighted by Gasteiger charge is -2.35. The lowest BCUT2D eigenvalue weighted by atomic mass is 9.99. The first-order valence-corrected chi connectivity index (χ1v) is 8.66. The van der Waals surface area contributed by atoms with Crippen LogP contribution in [0.5, 0.6) is 0 Å². The van der Waals surface area contributed by atoms with Crippen LogP contribution in [0.25, 0.3) is 0 Å². The fourth-order valence-electron chi connectivity index (χ4n) is 2.92. The van der Waals surface area contributed by atoms with Gasteiger partial charge in [-0.25, -0.2) is 0 Å². The number of nitrogens with one attached hydrogen (secondary N) is 1. The van der Waals surface area contributed by atoms with Crippen molar-refractivity contribution in [1.82, 2.24) is 4.90 Å². The maximum Gasteiger partial charge on any atom is 0.233 e. The number of benzene rings is 1. The number of likely N-dealkylation sites (tertiary alicyclic amines) is 1. The van der Waals surface area contributed by atoms with Crippen LogP contribution in [-0.4, -0.2) is 29.3 Å². The maximum absolute atomic E-state index is 12.3. The molecule has 0 aliphatic carbocycles. The van der Waals surface area contributed by atoms with E-state index in [9.17, 15) is 9.59 Å². The monoisotopic (exact) mass is 366 g/mol. The van der Waals surface area contributed by atoms with E-state index in [4.69, 9.17) is 0 Å². The van der Waals surface area contributed by atoms with Crippen LogP contribution in [-0.2, 0) is 9.59 Å². The van der Waals surface area contributed by atoms with Crippen LogP contribution < -0.4 is 5.32 Å². The van der Waals surface area contributed by atoms with Gasteiger partial charge in [-0.1, -0.05) is 22.9 Å². The highest BCUT2D eigenvalue weighted by atomic mass is 79.9. The van der Waals surface area contributed by atoms with Gasteiger partial charge in [0.05, 0.1) is 0 Å². The molecule has 1 aromatic rings. The second-order valence-electron chi connectivity index (χ2n) is 5.83. The quantitative estimate of drug-likeness (QED) is 0.822. The Hall–Kier alpha value is -1.36. The van der Waals surface area contributed by atoms with Crippen LogP contribution in [0.15, 0.2) is 22.7 Å². The van der Waals surface area contributed by atoms with E-state index in [0.717, 1.165) is 41.5 Å². The molecule has 1 saturated heterocycles. The topological polar surface area (TPSA) is 49.4 Å². The Kier molecular flexibility index (Phi) is 6.00. The molecule has 0 saturated carbocycles. The van der Waals surface area contributed by atoms with Gasteiger partial charge in [0, 0.05) is 22.7 Å². The zero-order valence-electron chi connectivity index (χ0n) is 13.2. The van der Waals surface area contributed by atoms with Crippen LogP contribution in [0.4, 0.5) is 5.69 Å². The van der Waals surface area contributed by atoms with E-state index in [1.165, 1.54) is 6.42 Å². The Morgan fingerprint density at radius 3 is 2.82 bits per heavy atom. The normalized spacial score (nSPS) is 18.1. The molecular weight excluding hydrogens is 344 g/mol. The number of nitrogens with zero attached hydrogens (tertiary/aromatic N) is 1. The third kappa shape index (κ3) is 4.32. The summed E-state index contributed by atoms with van der Waals surface area (Å²) in [5, 5.41) is 2.81. The van der Waals surface area contributed by atoms with Gasteiger partial charge < -0.3 is 10.2 Å². The molecule has 1 aliphatic heterocycles. The summed E-state index contributed by atoms with van der Waals surface area (Å²) in [6.45, 7) is 4.84. The smallest absolute Gasteiger partial charge is 0.233 e. The van der Waals surface area contributed by atoms with Crippen molar-refractivity contribution in [2.45, 2.75) is 52.0 Å². The molecule has 1 unspecified atom stereocenters. The molecule has 22 heavy (non-hydrogen) atoms. The van der Waals surface area contributed by atoms with E-state index >= 15 is 0 Å². The van der Waals surface area contributed by atoms with Gasteiger partial charge in [-0.3, -0.25) is 9.59 Å². The lowest BCUT2D eigenvalue weighted by Crippen LogP contribution is -2.44. The average molecular weight is 367 g/mol. The molecule has 1 N–H and O–H groups in total. The fraction of sp³-hybridized carbons (Fsp3) is 0.529. The van der Waals surface area contributed by atoms with E-state index in [2.05, 4.69) is 28.2 Å². The summed E-state index contributed by atoms with van der Waals surface area (Å²) in [5.41, 5.74) is 1.77. The number of anilines is 1. The summed E-state index contributed by atoms with van der Waals surface area (Å²) in [7, 11) is 0. The highest BCUT2D eigenvalue weighted by Crippen LogP contribution is 2.22. The van der Waals surface area contributed by atoms with Crippen molar-refractivity contribution in [1.29, 1.82) is 0 Å². The number of hydrogen-bond donors (Lipinski definition) is 1. The maximum atomic E-state index is 12.3. The first kappa shape index (κ1) is 17.0. The number of carbonyl (C=O) groups is 2. The molecule has 1 aromatic carbocycles. The van der Waals surface area contributed by atoms with Gasteiger partial charge in [0.2, 0.25) is 11.8 Å². The molecule has 1 aliphatic rings. The van der Waals surface area contributed by atoms with Gasteiger partial charge in [-0.15, -0.1) is 0 Å². The Bertz CT molecular complexity index is 560. The second kappa shape index (κ2) is 7.77. The van der Waals surface area contributed by atoms with Crippen LogP contribution in [0.3, 0.4) is 0 Å². The minimum Gasteiger partial charge on any atom is -0.339 e. The Labute approximate surface area is 140 Å². The van der Waals surface area contributed by atoms with Crippen molar-refractivity contribution < 1.29 is 9.59 Å². The van der Waals surface area contributed by atoms with Crippen LogP contribution in [0, 0.1) is 6.92 Å². The molecule has 4 nitrogen and oxygen atoms in total. The zero-order valence-corrected chi connectivity index (χ0v) is 14.8. The predicted molar refractivity (Wildman–Crippen MR) is 91.8 cm³/mol. The highest BCUT2D eigenvalue weighted by molar-refractivity contribution is 9.10. The molecule has 120 valence electrons. The fourth-order valence-corrected chi connectivity index (χ4v) is 3.17. The zero-order chi connectivity index (χ0) is 16.1. The summed E-state index contributed by atoms with van der Waals surface area (Å²) in [4.78, 5) is 26.3. The first-order chi connectivity index (χ1) is 10.5. The molecule has 0 spiro atoms. The molecule has 1 fully saturated rings. The Balaban J connectivity index is 1.93. The van der Waals surface area contributed by atoms with Gasteiger partial charge in [0.1, 0.15) is 6.42 Å². The molecule has 1 atom stereocenters. The molecule has 0 radical (unpaired) electrons. The Morgan fingerprint density at radius 1 is 1.36 bits per heavy atom. The van der Waals surface area contributed by atoms with Gasteiger partial charge in [-0.05, 0) is 56.4 Å². The first-order valence-electron chi connectivity index (χ1n) is 7.86. The van der Waals surface area contributed by atoms with E-state index in [1.54, 1.807) is 0 Å². The molecule has 2 amide bonds. The largest absolute Gasteiger partial charge is 0.339 e. The third-order valence-electron chi connectivity index (χ3n) is 4.17. The summed E-state index contributed by atoms with van der Waals surface area (Å²) in [6.07, 6.45) is 4.14. The molecule has 1 heterocycles. The third-order valence-corrected chi connectivity index (χ3v) is 5.06. The predicted octanol–water partition coefficient (Wildman–Crippen LogP) is 3.88. The van der Waals surface area contributed by atoms with Crippen molar-refractivity contribution in [3.8, 4) is 0 Å². The minimum atomic E-state index is -0.243. The number of carbonyl (C=O) groups excluding carboxylic acids is 2. The van der Waals surface area contributed by atoms with E-state index in [-0.39, 0.29) is 18.2 Å². The summed E-state index contributed by atoms with van der Waals surface area (Å²) < 4.78 is 1.00. The van der Waals surface area contributed by atoms with Crippen molar-refractivity contribution in [3.63, 3.8) is 0 Å². The van der Waals surface area contributed by atoms with Gasteiger partial charge in [0.25, 0.3) is 0 Å². The molecule has 0 bridgehead atoms. The van der Waals surface area contributed by atoms with Gasteiger partial charge >= 0.3 is 0 Å². The van der Waals surface area contributed by atoms with Crippen LogP contribution in [0.2, 0.25) is 0 Å². The number of amides is 2. The van der Waals surface area contributed by atoms with Crippen LogP contribution in [0.1, 0.15) is 44.6 Å². The number of aryl methyl sites for hydroxylation is 1. The summed E-state index contributed by atoms with van der Waals surface area (Å²) in [6, 6.07) is 5.91. The molecule has 0 aromatic heterocycles. The number of rotatable bonds is 4. The van der Waals surface area contributed by atoms with Gasteiger partial charge in [-0.2, -0.15) is 0 Å². The van der Waals surface area contributed by atoms with E-state index < -0.39 is 0 Å². The number of hydrogen-bond acceptors (Lipinski definition) is 2. The number of piperidine rings is 1. The summed E-state index contributed by atoms with van der Waals surface area (Å²) >= 11 is 3.43. The molecular formula is C17H23BrN2O2. The van der Waals surface area contributed by atoms with Crippen molar-refractivity contribution >= 4 is 33.4 Å². The summed E-state index contributed by atoms with van der Waals surface area (Å²) in [5.74, 6) is -0.301. The highest BCUT2D eigenvalue weighted by Gasteiger charge is 2.26. The molecule has 5 heteroatoms.